The number of carbonyl (C=O) groups excluding carboxylic acids is 5. The number of carboxylic acid groups (broad SMARTS) is 2. The molecule has 33 nitrogen and oxygen atoms in total. The molecule has 11 N–H and O–H groups in total. The summed E-state index contributed by atoms with van der Waals surface area (Å²) in [5.41, 5.74) is 18.3. The van der Waals surface area contributed by atoms with Crippen LogP contribution in [0.4, 0.5) is 34.4 Å². The van der Waals surface area contributed by atoms with Crippen LogP contribution >= 0.6 is 117 Å². The van der Waals surface area contributed by atoms with Gasteiger partial charge in [0, 0.05) is 171 Å². The minimum atomic E-state index is -3.22. The van der Waals surface area contributed by atoms with E-state index < -0.39 is 41.0 Å². The van der Waals surface area contributed by atoms with Gasteiger partial charge in [-0.25, -0.2) is 48.5 Å². The Hall–Kier alpha value is -13.4. The number of fused-ring (bicyclic) bond motifs is 12. The first-order valence-corrected chi connectivity index (χ1v) is 47.2. The number of hydrogen-bond acceptors (Lipinski definition) is 30. The van der Waals surface area contributed by atoms with Crippen LogP contribution in [0, 0.1) is 0 Å². The fourth-order valence-electron chi connectivity index (χ4n) is 12.6. The Balaban J connectivity index is 0.000000199. The van der Waals surface area contributed by atoms with Crippen molar-refractivity contribution in [3.05, 3.63) is 353 Å². The number of rotatable bonds is 14. The average Bonchev–Trinajstić information content (AvgIpc) is 0.774. The van der Waals surface area contributed by atoms with Crippen LogP contribution in [0.25, 0.3) is 86.7 Å². The normalized spacial score (nSPS) is 10.2. The van der Waals surface area contributed by atoms with Crippen molar-refractivity contribution in [3.63, 3.8) is 0 Å². The first-order valence-electron chi connectivity index (χ1n) is 39.6. The van der Waals surface area contributed by atoms with Gasteiger partial charge < -0.3 is 76.1 Å². The number of H-pyrrole nitrogens is 1. The maximum Gasteiger partial charge on any atom is 1.00 e. The van der Waals surface area contributed by atoms with Gasteiger partial charge in [-0.3, -0.25) is 39.3 Å². The number of carbonyl (C=O) groups is 7. The standard InChI is InChI=1S/C20H14ClN3O2.C19H12ClN3O2.C14H9ClN2O2.C14H10N2O3.C8H9BNO4.C8H8BrNO2.C6H4BrNO2.C6H6ClN.Cl3OP.Na.H2O/c1-26-20(25)12-5-6-15-17-11-22-8-7-16(17)19(24-18(15)9-12)23-14-4-2-3-13(21)10-14;20-12-2-1-3-13(9-12)22-18-15-6-7-21-10-16(15)14-5-4-11(19(24)25)8-17(14)23-18;1-19-14(18)8-2-3-9-11-7-16-5-4-10(11)13(15)17-12(9)6-8;1-19-14(18)8-2-3-9-11-7-15-5-4-10(11)13(17)16-12(9)6-8;1-13-8(11)5-2-3-7(14-9-12)6(10)4-5;1-2-12-8(11)6-3-4-10-5-7(6)9;7-5-3-8-2-1-4(5)6(9)10;7-5-2-1-3-6(8)4-5;1-5(2,3)4;;/h2-11H,1H3,(H,23,24);1-10H,(H,22,23)(H,24,25);2-7H,1H3;2-7H,1H3,(H,16,17);2-4,12H,10H2,1H3;3-5H,2H2,1H3;1-3H,(H,9,10);1-4H,8H2;;;1H2/q;;;;;;;;;+1;/p-1. The Kier molecular flexibility index (Phi) is 43.4. The van der Waals surface area contributed by atoms with E-state index in [1.54, 1.807) is 172 Å². The topological polar surface area (TPSA) is 508 Å². The molecule has 709 valence electrons. The van der Waals surface area contributed by atoms with E-state index in [4.69, 9.17) is 87.2 Å². The number of aromatic nitrogens is 10. The number of aromatic amines is 1. The van der Waals surface area contributed by atoms with Gasteiger partial charge in [-0.15, -0.1) is 0 Å². The molecule has 10 aromatic heterocycles. The summed E-state index contributed by atoms with van der Waals surface area (Å²) in [6, 6.07) is 57.0. The van der Waals surface area contributed by atoms with Crippen molar-refractivity contribution >= 4 is 288 Å². The fraction of sp³-hybridized carbons (Fsp3) is 0.0632. The molecule has 1 radical (unpaired) electrons. The largest absolute Gasteiger partial charge is 1.00 e. The molecule has 0 unspecified atom stereocenters. The monoisotopic (exact) mass is 2180 g/mol. The van der Waals surface area contributed by atoms with Crippen LogP contribution in [0.5, 0.6) is 5.75 Å². The predicted octanol–water partition coefficient (Wildman–Crippen LogP) is 20.0. The predicted molar refractivity (Wildman–Crippen MR) is 547 cm³/mol. The minimum Gasteiger partial charge on any atom is -0.870 e. The first-order chi connectivity index (χ1) is 66.1. The van der Waals surface area contributed by atoms with E-state index in [0.717, 1.165) is 70.6 Å². The second-order valence-corrected chi connectivity index (χ2v) is 37.6. The van der Waals surface area contributed by atoms with Gasteiger partial charge in [0.25, 0.3) is 5.56 Å². The van der Waals surface area contributed by atoms with E-state index in [-0.39, 0.29) is 69.1 Å². The summed E-state index contributed by atoms with van der Waals surface area (Å²) in [7, 11) is 5.82. The molecule has 0 aliphatic heterocycles. The second kappa shape index (κ2) is 54.3. The number of esters is 5. The number of aromatic carboxylic acids is 2. The van der Waals surface area contributed by atoms with Crippen molar-refractivity contribution in [2.24, 2.45) is 0 Å². The van der Waals surface area contributed by atoms with Gasteiger partial charge in [-0.2, -0.15) is 0 Å². The van der Waals surface area contributed by atoms with Gasteiger partial charge in [0.15, 0.2) is 0 Å². The Bertz CT molecular complexity index is 7670. The number of anilines is 6. The number of hydrogen-bond donors (Lipinski definition) is 8. The van der Waals surface area contributed by atoms with E-state index in [1.807, 2.05) is 72.8 Å². The zero-order valence-corrected chi connectivity index (χ0v) is 85.1. The van der Waals surface area contributed by atoms with E-state index >= 15 is 0 Å². The average molecular weight is 2190 g/mol. The van der Waals surface area contributed by atoms with Crippen molar-refractivity contribution in [2.45, 2.75) is 6.92 Å². The Morgan fingerprint density at radius 1 is 0.429 bits per heavy atom. The Morgan fingerprint density at radius 2 is 0.800 bits per heavy atom. The molecule has 0 saturated heterocycles. The van der Waals surface area contributed by atoms with Crippen molar-refractivity contribution < 1.29 is 117 Å². The fourth-order valence-corrected chi connectivity index (χ4v) is 14.3. The van der Waals surface area contributed by atoms with E-state index in [0.29, 0.717) is 116 Å². The van der Waals surface area contributed by atoms with Gasteiger partial charge in [0.05, 0.1) is 111 Å². The molecule has 0 amide bonds. The number of nitrogens with two attached hydrogens (primary N) is 2. The van der Waals surface area contributed by atoms with E-state index in [9.17, 15) is 48.0 Å². The van der Waals surface area contributed by atoms with Gasteiger partial charge in [-0.1, -0.05) is 88.9 Å². The summed E-state index contributed by atoms with van der Waals surface area (Å²) in [5.74, 6) is -2.41. The van der Waals surface area contributed by atoms with Crippen LogP contribution in [0.15, 0.2) is 288 Å². The summed E-state index contributed by atoms with van der Waals surface area (Å²) in [6.45, 7) is 2.15. The molecule has 45 heteroatoms. The molecular weight excluding hydrogens is 2110 g/mol. The Morgan fingerprint density at radius 3 is 1.20 bits per heavy atom. The molecule has 0 bridgehead atoms. The van der Waals surface area contributed by atoms with Gasteiger partial charge in [0.2, 0.25) is 0 Å². The SMILES string of the molecule is CCOC(=O)c1ccncc1Br.COC(=O)c1ccc(O[B]O)c(N)c1.COC(=O)c1ccc2c(c1)[nH]c(=O)c1ccncc12.COC(=O)c1ccc2c(c1)nc(Cl)c1ccncc12.COC(=O)c1ccc2c(c1)nc(Nc1cccc(Cl)c1)c1ccncc12.Nc1cccc(Cl)c1.O=C(O)c1ccc2c(c1)nc(Nc1cccc(Cl)c1)c1ccncc12.O=C(O)c1ccncc1Br.O=P(Cl)(Cl)Cl.[Na+].[OH-]. The summed E-state index contributed by atoms with van der Waals surface area (Å²) >= 11 is 43.9. The molecule has 0 aliphatic rings. The number of methoxy groups -OCH3 is 4. The van der Waals surface area contributed by atoms with Crippen molar-refractivity contribution in [2.75, 3.05) is 57.1 Å². The van der Waals surface area contributed by atoms with E-state index in [1.165, 1.54) is 65.1 Å². The molecule has 10 heterocycles. The zero-order valence-electron chi connectivity index (χ0n) is 73.7. The molecule has 0 atom stereocenters. The minimum absolute atomic E-state index is 0. The Labute approximate surface area is 869 Å². The van der Waals surface area contributed by atoms with E-state index in [2.05, 4.69) is 135 Å². The number of benzene rings is 8. The van der Waals surface area contributed by atoms with Crippen LogP contribution in [-0.4, -0.2) is 155 Å². The number of ether oxygens (including phenoxy) is 5. The van der Waals surface area contributed by atoms with Gasteiger partial charge >= 0.3 is 84.2 Å². The quantitative estimate of drug-likeness (QED) is 0.00953. The van der Waals surface area contributed by atoms with Crippen molar-refractivity contribution in [1.82, 2.24) is 49.8 Å². The van der Waals surface area contributed by atoms with Gasteiger partial charge in [-0.05, 0) is 230 Å². The molecule has 18 rings (SSSR count). The van der Waals surface area contributed by atoms with Crippen LogP contribution in [0.2, 0.25) is 20.2 Å². The van der Waals surface area contributed by atoms with Crippen LogP contribution in [0.3, 0.4) is 0 Å². The molecule has 18 aromatic rings. The summed E-state index contributed by atoms with van der Waals surface area (Å²) < 4.78 is 38.8. The van der Waals surface area contributed by atoms with Crippen LogP contribution in [-0.2, 0) is 28.2 Å². The first kappa shape index (κ1) is 112. The third kappa shape index (κ3) is 31.6. The second-order valence-electron chi connectivity index (χ2n) is 27.6. The maximum absolute atomic E-state index is 11.9. The van der Waals surface area contributed by atoms with Crippen LogP contribution in [0.1, 0.15) is 79.4 Å². The summed E-state index contributed by atoms with van der Waals surface area (Å²) in [4.78, 5) is 131. The zero-order chi connectivity index (χ0) is 99.9. The summed E-state index contributed by atoms with van der Waals surface area (Å²) in [6.07, 6.45) is 19.6. The number of pyridine rings is 10. The third-order valence-electron chi connectivity index (χ3n) is 18.8. The maximum atomic E-state index is 11.9. The van der Waals surface area contributed by atoms with Gasteiger partial charge in [0.1, 0.15) is 22.5 Å². The molecule has 8 aromatic carbocycles. The number of carboxylic acids is 2. The molecular formula is C95H73BBr2Cl7N14NaO19P. The molecule has 0 saturated carbocycles. The summed E-state index contributed by atoms with van der Waals surface area (Å²) in [5, 5.41) is 42.0. The van der Waals surface area contributed by atoms with Crippen molar-refractivity contribution in [3.8, 4) is 5.75 Å². The number of nitrogens with one attached hydrogen (secondary N) is 3. The number of halogens is 9. The number of nitrogen functional groups attached to an aromatic ring is 2. The molecule has 0 aliphatic carbocycles. The van der Waals surface area contributed by atoms with Crippen molar-refractivity contribution in [1.29, 1.82) is 0 Å². The third-order valence-corrected chi connectivity index (χ3v) is 21.0. The smallest absolute Gasteiger partial charge is 0.870 e. The molecule has 140 heavy (non-hydrogen) atoms. The number of nitrogens with zero attached hydrogens (tertiary/aromatic N) is 9. The molecule has 0 spiro atoms. The molecule has 0 fully saturated rings. The van der Waals surface area contributed by atoms with Crippen LogP contribution < -0.4 is 61.9 Å².